The van der Waals surface area contributed by atoms with Crippen molar-refractivity contribution in [1.82, 2.24) is 9.88 Å². The van der Waals surface area contributed by atoms with Crippen LogP contribution >= 0.6 is 0 Å². The second kappa shape index (κ2) is 6.53. The topological polar surface area (TPSA) is 42.1 Å². The molecule has 0 bridgehead atoms. The van der Waals surface area contributed by atoms with E-state index in [1.54, 1.807) is 0 Å². The number of hydrogen-bond acceptors (Lipinski definition) is 3. The molecule has 15 heavy (non-hydrogen) atoms. The van der Waals surface area contributed by atoms with Gasteiger partial charge in [0.25, 0.3) is 0 Å². The van der Waals surface area contributed by atoms with Crippen molar-refractivity contribution in [2.75, 3.05) is 13.1 Å². The average Bonchev–Trinajstić information content (AvgIpc) is 2.29. The molecule has 0 aliphatic heterocycles. The average molecular weight is 207 g/mol. The van der Waals surface area contributed by atoms with Gasteiger partial charge >= 0.3 is 0 Å². The van der Waals surface area contributed by atoms with Crippen LogP contribution in [0.4, 0.5) is 0 Å². The Bertz CT molecular complexity index is 269. The fourth-order valence-corrected chi connectivity index (χ4v) is 1.56. The van der Waals surface area contributed by atoms with Crippen molar-refractivity contribution in [2.24, 2.45) is 5.73 Å². The zero-order valence-corrected chi connectivity index (χ0v) is 9.74. The van der Waals surface area contributed by atoms with Crippen molar-refractivity contribution in [3.63, 3.8) is 0 Å². The summed E-state index contributed by atoms with van der Waals surface area (Å²) in [6.07, 6.45) is 3.06. The molecule has 0 unspecified atom stereocenters. The molecule has 1 aromatic rings. The smallest absolute Gasteiger partial charge is 0.0544 e. The number of pyridine rings is 1. The molecule has 3 nitrogen and oxygen atoms in total. The molecule has 0 aliphatic rings. The van der Waals surface area contributed by atoms with Gasteiger partial charge in [0.2, 0.25) is 0 Å². The van der Waals surface area contributed by atoms with E-state index >= 15 is 0 Å². The highest BCUT2D eigenvalue weighted by atomic mass is 15.1. The standard InChI is InChI=1S/C12H21N3/c1-3-7-15(4-2)10-12-6-5-11(8-13)9-14-12/h5-6,9H,3-4,7-8,10,13H2,1-2H3. The summed E-state index contributed by atoms with van der Waals surface area (Å²) in [5, 5.41) is 0. The van der Waals surface area contributed by atoms with Crippen molar-refractivity contribution >= 4 is 0 Å². The SMILES string of the molecule is CCCN(CC)Cc1ccc(CN)cn1. The number of rotatable bonds is 6. The summed E-state index contributed by atoms with van der Waals surface area (Å²) >= 11 is 0. The third kappa shape index (κ3) is 3.98. The molecule has 84 valence electrons. The number of nitrogens with two attached hydrogens (primary N) is 1. The Morgan fingerprint density at radius 1 is 1.33 bits per heavy atom. The van der Waals surface area contributed by atoms with Crippen LogP contribution < -0.4 is 5.73 Å². The van der Waals surface area contributed by atoms with Crippen molar-refractivity contribution in [3.05, 3.63) is 29.6 Å². The maximum Gasteiger partial charge on any atom is 0.0544 e. The van der Waals surface area contributed by atoms with Gasteiger partial charge in [-0.05, 0) is 31.1 Å². The monoisotopic (exact) mass is 207 g/mol. The first-order valence-electron chi connectivity index (χ1n) is 5.66. The summed E-state index contributed by atoms with van der Waals surface area (Å²) in [5.74, 6) is 0. The van der Waals surface area contributed by atoms with Gasteiger partial charge in [0.1, 0.15) is 0 Å². The van der Waals surface area contributed by atoms with E-state index in [0.29, 0.717) is 6.54 Å². The molecule has 0 aromatic carbocycles. The first-order valence-corrected chi connectivity index (χ1v) is 5.66. The number of nitrogens with zero attached hydrogens (tertiary/aromatic N) is 2. The lowest BCUT2D eigenvalue weighted by Crippen LogP contribution is -2.24. The van der Waals surface area contributed by atoms with E-state index in [-0.39, 0.29) is 0 Å². The highest BCUT2D eigenvalue weighted by Gasteiger charge is 2.02. The Labute approximate surface area is 92.3 Å². The third-order valence-corrected chi connectivity index (χ3v) is 2.49. The first kappa shape index (κ1) is 12.1. The fourth-order valence-electron chi connectivity index (χ4n) is 1.56. The molecule has 0 spiro atoms. The van der Waals surface area contributed by atoms with Crippen LogP contribution in [0, 0.1) is 0 Å². The van der Waals surface area contributed by atoms with Crippen LogP contribution in [0.1, 0.15) is 31.5 Å². The van der Waals surface area contributed by atoms with E-state index in [9.17, 15) is 0 Å². The Hall–Kier alpha value is -0.930. The lowest BCUT2D eigenvalue weighted by molar-refractivity contribution is 0.277. The summed E-state index contributed by atoms with van der Waals surface area (Å²) in [5.41, 5.74) is 7.75. The van der Waals surface area contributed by atoms with Gasteiger partial charge in [-0.3, -0.25) is 9.88 Å². The molecule has 2 N–H and O–H groups in total. The fraction of sp³-hybridized carbons (Fsp3) is 0.583. The second-order valence-electron chi connectivity index (χ2n) is 3.73. The first-order chi connectivity index (χ1) is 7.30. The maximum atomic E-state index is 5.52. The van der Waals surface area contributed by atoms with Crippen LogP contribution in [0.25, 0.3) is 0 Å². The number of aromatic nitrogens is 1. The van der Waals surface area contributed by atoms with Crippen LogP contribution in [0.2, 0.25) is 0 Å². The maximum absolute atomic E-state index is 5.52. The highest BCUT2D eigenvalue weighted by Crippen LogP contribution is 2.04. The Morgan fingerprint density at radius 2 is 2.13 bits per heavy atom. The molecule has 0 radical (unpaired) electrons. The molecule has 1 rings (SSSR count). The second-order valence-corrected chi connectivity index (χ2v) is 3.73. The van der Waals surface area contributed by atoms with Crippen LogP contribution in [0.3, 0.4) is 0 Å². The van der Waals surface area contributed by atoms with Gasteiger partial charge in [-0.1, -0.05) is 19.9 Å². The molecular weight excluding hydrogens is 186 g/mol. The van der Waals surface area contributed by atoms with Gasteiger partial charge in [-0.2, -0.15) is 0 Å². The Balaban J connectivity index is 2.55. The molecule has 0 fully saturated rings. The van der Waals surface area contributed by atoms with E-state index < -0.39 is 0 Å². The normalized spacial score (nSPS) is 10.9. The molecule has 3 heteroatoms. The largest absolute Gasteiger partial charge is 0.326 e. The van der Waals surface area contributed by atoms with Gasteiger partial charge in [0, 0.05) is 19.3 Å². The predicted octanol–water partition coefficient (Wildman–Crippen LogP) is 1.77. The van der Waals surface area contributed by atoms with Crippen LogP contribution in [0.5, 0.6) is 0 Å². The lowest BCUT2D eigenvalue weighted by atomic mass is 10.2. The van der Waals surface area contributed by atoms with Crippen LogP contribution in [-0.4, -0.2) is 23.0 Å². The minimum atomic E-state index is 0.569. The van der Waals surface area contributed by atoms with Gasteiger partial charge in [-0.15, -0.1) is 0 Å². The van der Waals surface area contributed by atoms with Gasteiger partial charge in [0.15, 0.2) is 0 Å². The van der Waals surface area contributed by atoms with E-state index in [1.165, 1.54) is 6.42 Å². The number of hydrogen-bond donors (Lipinski definition) is 1. The zero-order chi connectivity index (χ0) is 11.1. The summed E-state index contributed by atoms with van der Waals surface area (Å²) in [4.78, 5) is 6.79. The summed E-state index contributed by atoms with van der Waals surface area (Å²) in [6, 6.07) is 4.13. The summed E-state index contributed by atoms with van der Waals surface area (Å²) < 4.78 is 0. The molecule has 0 saturated heterocycles. The molecule has 0 aliphatic carbocycles. The Morgan fingerprint density at radius 3 is 2.60 bits per heavy atom. The van der Waals surface area contributed by atoms with Crippen LogP contribution in [-0.2, 0) is 13.1 Å². The minimum absolute atomic E-state index is 0.569. The molecular formula is C12H21N3. The summed E-state index contributed by atoms with van der Waals surface area (Å²) in [7, 11) is 0. The molecule has 1 aromatic heterocycles. The zero-order valence-electron chi connectivity index (χ0n) is 9.74. The highest BCUT2D eigenvalue weighted by molar-refractivity contribution is 5.13. The molecule has 0 atom stereocenters. The quantitative estimate of drug-likeness (QED) is 0.773. The Kier molecular flexibility index (Phi) is 5.29. The van der Waals surface area contributed by atoms with Crippen molar-refractivity contribution < 1.29 is 0 Å². The summed E-state index contributed by atoms with van der Waals surface area (Å²) in [6.45, 7) is 8.11. The van der Waals surface area contributed by atoms with E-state index in [4.69, 9.17) is 5.73 Å². The molecule has 0 amide bonds. The van der Waals surface area contributed by atoms with E-state index in [0.717, 1.165) is 30.9 Å². The van der Waals surface area contributed by atoms with Crippen molar-refractivity contribution in [3.8, 4) is 0 Å². The minimum Gasteiger partial charge on any atom is -0.326 e. The van der Waals surface area contributed by atoms with Crippen LogP contribution in [0.15, 0.2) is 18.3 Å². The molecule has 0 saturated carbocycles. The van der Waals surface area contributed by atoms with Gasteiger partial charge in [0.05, 0.1) is 5.69 Å². The predicted molar refractivity (Wildman–Crippen MR) is 63.4 cm³/mol. The molecule has 1 heterocycles. The van der Waals surface area contributed by atoms with E-state index in [2.05, 4.69) is 35.9 Å². The van der Waals surface area contributed by atoms with Crippen molar-refractivity contribution in [2.45, 2.75) is 33.4 Å². The van der Waals surface area contributed by atoms with E-state index in [1.807, 2.05) is 6.20 Å². The van der Waals surface area contributed by atoms with Gasteiger partial charge in [-0.25, -0.2) is 0 Å². The lowest BCUT2D eigenvalue weighted by Gasteiger charge is -2.18. The van der Waals surface area contributed by atoms with Crippen molar-refractivity contribution in [1.29, 1.82) is 0 Å². The van der Waals surface area contributed by atoms with Gasteiger partial charge < -0.3 is 5.73 Å². The third-order valence-electron chi connectivity index (χ3n) is 2.49.